The van der Waals surface area contributed by atoms with Gasteiger partial charge in [-0.25, -0.2) is 9.36 Å². The van der Waals surface area contributed by atoms with Crippen molar-refractivity contribution in [1.29, 1.82) is 0 Å². The third-order valence-corrected chi connectivity index (χ3v) is 1.31. The van der Waals surface area contributed by atoms with Crippen LogP contribution in [0.5, 0.6) is 0 Å². The molecule has 0 aromatic carbocycles. The van der Waals surface area contributed by atoms with E-state index in [1.807, 2.05) is 35.2 Å². The largest absolute Gasteiger partial charge is 1.00 e. The Hall–Kier alpha value is -1.18. The number of rotatable bonds is 3. The van der Waals surface area contributed by atoms with Crippen molar-refractivity contribution in [3.63, 3.8) is 0 Å². The molecule has 0 saturated carbocycles. The molecule has 0 unspecified atom stereocenters. The van der Waals surface area contributed by atoms with Crippen LogP contribution < -0.4 is 17.0 Å². The third-order valence-electron chi connectivity index (χ3n) is 1.31. The van der Waals surface area contributed by atoms with Crippen molar-refractivity contribution in [2.75, 3.05) is 6.54 Å². The molecule has 0 radical (unpaired) electrons. The number of aromatic nitrogens is 1. The number of isocyanates is 1. The summed E-state index contributed by atoms with van der Waals surface area (Å²) in [6.07, 6.45) is 5.36. The lowest BCUT2D eigenvalue weighted by molar-refractivity contribution is -0.694. The van der Waals surface area contributed by atoms with Gasteiger partial charge in [-0.1, -0.05) is 6.07 Å². The van der Waals surface area contributed by atoms with E-state index in [0.717, 1.165) is 6.54 Å². The summed E-state index contributed by atoms with van der Waals surface area (Å²) in [6, 6.07) is 5.81. The number of hydrogen-bond acceptors (Lipinski definition) is 2. The van der Waals surface area contributed by atoms with E-state index in [4.69, 9.17) is 0 Å². The maximum Gasteiger partial charge on any atom is 0.235 e. The average molecular weight is 185 g/mol. The van der Waals surface area contributed by atoms with Crippen LogP contribution in [-0.2, 0) is 11.3 Å². The van der Waals surface area contributed by atoms with E-state index in [9.17, 15) is 4.79 Å². The van der Waals surface area contributed by atoms with Gasteiger partial charge in [0, 0.05) is 12.1 Å². The van der Waals surface area contributed by atoms with Gasteiger partial charge >= 0.3 is 0 Å². The quantitative estimate of drug-likeness (QED) is 0.286. The van der Waals surface area contributed by atoms with Gasteiger partial charge in [-0.05, 0) is 0 Å². The molecular weight excluding hydrogens is 176 g/mol. The Balaban J connectivity index is 0.00000121. The lowest BCUT2D eigenvalue weighted by Gasteiger charge is -1.88. The van der Waals surface area contributed by atoms with Crippen molar-refractivity contribution in [3.05, 3.63) is 30.6 Å². The van der Waals surface area contributed by atoms with Gasteiger partial charge in [0.05, 0.1) is 0 Å². The zero-order valence-corrected chi connectivity index (χ0v) is 7.24. The first-order chi connectivity index (χ1) is 5.43. The second-order valence-electron chi connectivity index (χ2n) is 2.09. The smallest absolute Gasteiger partial charge is 0.235 e. The van der Waals surface area contributed by atoms with E-state index in [1.54, 1.807) is 0 Å². The summed E-state index contributed by atoms with van der Waals surface area (Å²) in [6.45, 7) is 1.23. The van der Waals surface area contributed by atoms with Gasteiger partial charge in [0.1, 0.15) is 6.54 Å². The predicted molar refractivity (Wildman–Crippen MR) is 39.6 cm³/mol. The van der Waals surface area contributed by atoms with Crippen LogP contribution in [0.1, 0.15) is 0 Å². The normalized spacial score (nSPS) is 8.00. The highest BCUT2D eigenvalue weighted by molar-refractivity contribution is 5.32. The predicted octanol–water partition coefficient (Wildman–Crippen LogP) is -2.69. The average Bonchev–Trinajstić information content (AvgIpc) is 2.07. The molecule has 0 atom stereocenters. The second kappa shape index (κ2) is 6.53. The molecule has 12 heavy (non-hydrogen) atoms. The summed E-state index contributed by atoms with van der Waals surface area (Å²) in [5, 5.41) is 0. The van der Waals surface area contributed by atoms with Crippen LogP contribution in [0.25, 0.3) is 0 Å². The molecule has 4 heteroatoms. The molecule has 1 aromatic heterocycles. The summed E-state index contributed by atoms with van der Waals surface area (Å²) < 4.78 is 1.96. The maximum atomic E-state index is 9.69. The summed E-state index contributed by atoms with van der Waals surface area (Å²) in [5.74, 6) is 0. The summed E-state index contributed by atoms with van der Waals surface area (Å²) >= 11 is 0. The highest BCUT2D eigenvalue weighted by Gasteiger charge is 1.93. The van der Waals surface area contributed by atoms with E-state index in [2.05, 4.69) is 4.99 Å². The highest BCUT2D eigenvalue weighted by atomic mass is 35.5. The Labute approximate surface area is 77.2 Å². The van der Waals surface area contributed by atoms with Gasteiger partial charge < -0.3 is 12.4 Å². The number of nitrogens with zero attached hydrogens (tertiary/aromatic N) is 2. The van der Waals surface area contributed by atoms with Gasteiger partial charge in [0.2, 0.25) is 6.08 Å². The molecule has 64 valence electrons. The molecule has 0 N–H and O–H groups in total. The first-order valence-electron chi connectivity index (χ1n) is 3.41. The van der Waals surface area contributed by atoms with E-state index in [0.29, 0.717) is 6.54 Å². The molecule has 0 spiro atoms. The fraction of sp³-hybridized carbons (Fsp3) is 0.250. The van der Waals surface area contributed by atoms with E-state index < -0.39 is 0 Å². The summed E-state index contributed by atoms with van der Waals surface area (Å²) in [7, 11) is 0. The van der Waals surface area contributed by atoms with Crippen LogP contribution in [-0.4, -0.2) is 12.6 Å². The van der Waals surface area contributed by atoms with Crippen LogP contribution in [0.4, 0.5) is 0 Å². The highest BCUT2D eigenvalue weighted by Crippen LogP contribution is 1.76. The van der Waals surface area contributed by atoms with E-state index >= 15 is 0 Å². The standard InChI is InChI=1S/C8H9N2O.ClH/c11-8-9-4-7-10-5-2-1-3-6-10;/h1-3,5-6H,4,7H2;1H/q+1;/p-1. The number of carbonyl (C=O) groups excluding carboxylic acids is 1. The Morgan fingerprint density at radius 1 is 1.25 bits per heavy atom. The fourth-order valence-electron chi connectivity index (χ4n) is 0.795. The first kappa shape index (κ1) is 10.8. The lowest BCUT2D eigenvalue weighted by atomic mass is 10.5. The Morgan fingerprint density at radius 3 is 2.50 bits per heavy atom. The Kier molecular flexibility index (Phi) is 5.88. The fourth-order valence-corrected chi connectivity index (χ4v) is 0.795. The minimum absolute atomic E-state index is 0. The molecule has 0 aliphatic heterocycles. The van der Waals surface area contributed by atoms with E-state index in [1.165, 1.54) is 6.08 Å². The van der Waals surface area contributed by atoms with Crippen LogP contribution in [0, 0.1) is 0 Å². The molecule has 0 fully saturated rings. The maximum absolute atomic E-state index is 9.69. The molecule has 0 bridgehead atoms. The van der Waals surface area contributed by atoms with Crippen molar-refractivity contribution in [2.45, 2.75) is 6.54 Å². The zero-order chi connectivity index (χ0) is 7.94. The number of hydrogen-bond donors (Lipinski definition) is 0. The summed E-state index contributed by atoms with van der Waals surface area (Å²) in [5.41, 5.74) is 0. The van der Waals surface area contributed by atoms with Crippen molar-refractivity contribution in [3.8, 4) is 0 Å². The van der Waals surface area contributed by atoms with Crippen molar-refractivity contribution < 1.29 is 21.8 Å². The number of aliphatic imine (C=N–C) groups is 1. The zero-order valence-electron chi connectivity index (χ0n) is 6.48. The van der Waals surface area contributed by atoms with E-state index in [-0.39, 0.29) is 12.4 Å². The second-order valence-corrected chi connectivity index (χ2v) is 2.09. The van der Waals surface area contributed by atoms with Gasteiger partial charge in [-0.15, -0.1) is 0 Å². The van der Waals surface area contributed by atoms with Gasteiger partial charge in [-0.3, -0.25) is 0 Å². The number of pyridine rings is 1. The van der Waals surface area contributed by atoms with Gasteiger partial charge in [0.15, 0.2) is 18.9 Å². The van der Waals surface area contributed by atoms with Gasteiger partial charge in [0.25, 0.3) is 0 Å². The van der Waals surface area contributed by atoms with Crippen molar-refractivity contribution in [1.82, 2.24) is 0 Å². The minimum Gasteiger partial charge on any atom is -1.00 e. The monoisotopic (exact) mass is 184 g/mol. The number of halogens is 1. The van der Waals surface area contributed by atoms with Crippen LogP contribution >= 0.6 is 0 Å². The molecule has 0 aliphatic rings. The molecule has 0 saturated heterocycles. The topological polar surface area (TPSA) is 33.3 Å². The van der Waals surface area contributed by atoms with Crippen molar-refractivity contribution >= 4 is 6.08 Å². The Bertz CT molecular complexity index is 257. The third kappa shape index (κ3) is 3.86. The molecule has 1 heterocycles. The first-order valence-corrected chi connectivity index (χ1v) is 3.41. The molecule has 3 nitrogen and oxygen atoms in total. The molecular formula is C8H9ClN2O. The molecule has 1 rings (SSSR count). The molecule has 1 aromatic rings. The van der Waals surface area contributed by atoms with Crippen LogP contribution in [0.3, 0.4) is 0 Å². The Morgan fingerprint density at radius 2 is 1.92 bits per heavy atom. The van der Waals surface area contributed by atoms with Crippen LogP contribution in [0.2, 0.25) is 0 Å². The molecule has 0 amide bonds. The molecule has 0 aliphatic carbocycles. The van der Waals surface area contributed by atoms with Crippen LogP contribution in [0.15, 0.2) is 35.6 Å². The minimum atomic E-state index is 0. The van der Waals surface area contributed by atoms with Crippen molar-refractivity contribution in [2.24, 2.45) is 4.99 Å². The lowest BCUT2D eigenvalue weighted by Crippen LogP contribution is -3.00. The summed E-state index contributed by atoms with van der Waals surface area (Å²) in [4.78, 5) is 13.1. The van der Waals surface area contributed by atoms with Gasteiger partial charge in [-0.2, -0.15) is 4.99 Å². The SMILES string of the molecule is O=C=NCC[n+]1ccccc1.[Cl-].